The molecule has 0 fully saturated rings. The molecule has 0 aliphatic carbocycles. The van der Waals surface area contributed by atoms with Crippen LogP contribution in [-0.4, -0.2) is 26.4 Å². The lowest BCUT2D eigenvalue weighted by Crippen LogP contribution is -2.25. The molecule has 0 aliphatic heterocycles. The molecule has 1 heterocycles. The van der Waals surface area contributed by atoms with Crippen LogP contribution in [0.5, 0.6) is 0 Å². The van der Waals surface area contributed by atoms with Gasteiger partial charge in [-0.05, 0) is 18.1 Å². The second-order valence-electron chi connectivity index (χ2n) is 4.62. The molecule has 2 rings (SSSR count). The molecule has 1 amide bonds. The van der Waals surface area contributed by atoms with Gasteiger partial charge in [0.15, 0.2) is 5.16 Å². The Morgan fingerprint density at radius 1 is 1.45 bits per heavy atom. The maximum atomic E-state index is 11.9. The number of H-pyrrole nitrogens is 1. The molecule has 118 valence electrons. The number of thioether (sulfide) groups is 1. The van der Waals surface area contributed by atoms with Crippen molar-refractivity contribution in [1.29, 1.82) is 0 Å². The van der Waals surface area contributed by atoms with Crippen molar-refractivity contribution in [3.8, 4) is 0 Å². The predicted octanol–water partition coefficient (Wildman–Crippen LogP) is 2.04. The summed E-state index contributed by atoms with van der Waals surface area (Å²) in [6.45, 7) is 2.94. The quantitative estimate of drug-likeness (QED) is 0.756. The van der Waals surface area contributed by atoms with E-state index in [0.717, 1.165) is 12.0 Å². The van der Waals surface area contributed by atoms with Crippen LogP contribution in [0.15, 0.2) is 34.2 Å². The molecule has 22 heavy (non-hydrogen) atoms. The van der Waals surface area contributed by atoms with Crippen molar-refractivity contribution in [1.82, 2.24) is 20.1 Å². The number of halogens is 1. The van der Waals surface area contributed by atoms with Crippen molar-refractivity contribution in [2.75, 3.05) is 5.75 Å². The third kappa shape index (κ3) is 4.38. The standard InChI is InChI=1S/C14H17ClN4O2S/c1-2-7-19-13(21)17-18-14(19)22-9-12(20)16-8-10-5-3-4-6-11(10)15/h3-6H,2,7-9H2,1H3,(H,16,20)(H,17,21). The lowest BCUT2D eigenvalue weighted by molar-refractivity contribution is -0.118. The number of aromatic amines is 1. The molecule has 1 aromatic carbocycles. The van der Waals surface area contributed by atoms with Crippen molar-refractivity contribution in [3.05, 3.63) is 45.3 Å². The summed E-state index contributed by atoms with van der Waals surface area (Å²) in [7, 11) is 0. The molecular formula is C14H17ClN4O2S. The first-order chi connectivity index (χ1) is 10.6. The number of nitrogens with zero attached hydrogens (tertiary/aromatic N) is 2. The number of carbonyl (C=O) groups excluding carboxylic acids is 1. The Morgan fingerprint density at radius 3 is 2.95 bits per heavy atom. The third-order valence-corrected chi connectivity index (χ3v) is 4.28. The SMILES string of the molecule is CCCn1c(SCC(=O)NCc2ccccc2Cl)n[nH]c1=O. The van der Waals surface area contributed by atoms with Gasteiger partial charge in [-0.15, -0.1) is 5.10 Å². The van der Waals surface area contributed by atoms with Crippen LogP contribution < -0.4 is 11.0 Å². The predicted molar refractivity (Wildman–Crippen MR) is 87.2 cm³/mol. The molecule has 0 saturated carbocycles. The zero-order chi connectivity index (χ0) is 15.9. The monoisotopic (exact) mass is 340 g/mol. The fourth-order valence-electron chi connectivity index (χ4n) is 1.85. The van der Waals surface area contributed by atoms with E-state index in [-0.39, 0.29) is 17.3 Å². The van der Waals surface area contributed by atoms with Gasteiger partial charge in [0.25, 0.3) is 0 Å². The van der Waals surface area contributed by atoms with Crippen LogP contribution in [0.3, 0.4) is 0 Å². The molecule has 0 aliphatic rings. The summed E-state index contributed by atoms with van der Waals surface area (Å²) >= 11 is 7.26. The molecule has 0 radical (unpaired) electrons. The summed E-state index contributed by atoms with van der Waals surface area (Å²) in [4.78, 5) is 23.4. The number of aromatic nitrogens is 3. The van der Waals surface area contributed by atoms with Gasteiger partial charge in [0.2, 0.25) is 5.91 Å². The zero-order valence-corrected chi connectivity index (χ0v) is 13.7. The van der Waals surface area contributed by atoms with E-state index in [4.69, 9.17) is 11.6 Å². The van der Waals surface area contributed by atoms with E-state index in [1.54, 1.807) is 6.07 Å². The van der Waals surface area contributed by atoms with Crippen LogP contribution in [0.4, 0.5) is 0 Å². The minimum Gasteiger partial charge on any atom is -0.351 e. The Hall–Kier alpha value is -1.73. The molecule has 6 nitrogen and oxygen atoms in total. The fourth-order valence-corrected chi connectivity index (χ4v) is 2.86. The van der Waals surface area contributed by atoms with Crippen molar-refractivity contribution < 1.29 is 4.79 Å². The topological polar surface area (TPSA) is 79.8 Å². The average molecular weight is 341 g/mol. The lowest BCUT2D eigenvalue weighted by Gasteiger charge is -2.07. The normalized spacial score (nSPS) is 10.6. The van der Waals surface area contributed by atoms with E-state index in [0.29, 0.717) is 23.3 Å². The number of rotatable bonds is 7. The number of hydrogen-bond donors (Lipinski definition) is 2. The number of amides is 1. The van der Waals surface area contributed by atoms with Crippen molar-refractivity contribution in [3.63, 3.8) is 0 Å². The highest BCUT2D eigenvalue weighted by Gasteiger charge is 2.11. The highest BCUT2D eigenvalue weighted by molar-refractivity contribution is 7.99. The van der Waals surface area contributed by atoms with E-state index in [2.05, 4.69) is 15.5 Å². The molecule has 0 spiro atoms. The van der Waals surface area contributed by atoms with Crippen LogP contribution in [0.1, 0.15) is 18.9 Å². The second kappa shape index (κ2) is 8.05. The average Bonchev–Trinajstić information content (AvgIpc) is 2.85. The van der Waals surface area contributed by atoms with Gasteiger partial charge in [-0.25, -0.2) is 9.89 Å². The van der Waals surface area contributed by atoms with Crippen LogP contribution in [0.2, 0.25) is 5.02 Å². The highest BCUT2D eigenvalue weighted by Crippen LogP contribution is 2.15. The molecule has 2 N–H and O–H groups in total. The minimum atomic E-state index is -0.249. The Balaban J connectivity index is 1.86. The first kappa shape index (κ1) is 16.6. The Kier molecular flexibility index (Phi) is 6.09. The van der Waals surface area contributed by atoms with Gasteiger partial charge in [0, 0.05) is 18.1 Å². The van der Waals surface area contributed by atoms with E-state index >= 15 is 0 Å². The molecule has 0 saturated heterocycles. The summed E-state index contributed by atoms with van der Waals surface area (Å²) in [6, 6.07) is 7.36. The molecule has 8 heteroatoms. The molecule has 0 unspecified atom stereocenters. The molecule has 0 bridgehead atoms. The first-order valence-corrected chi connectivity index (χ1v) is 8.26. The summed E-state index contributed by atoms with van der Waals surface area (Å²) in [6.07, 6.45) is 0.825. The van der Waals surface area contributed by atoms with Crippen molar-refractivity contribution in [2.24, 2.45) is 0 Å². The largest absolute Gasteiger partial charge is 0.351 e. The number of benzene rings is 1. The minimum absolute atomic E-state index is 0.136. The maximum absolute atomic E-state index is 11.9. The van der Waals surface area contributed by atoms with Gasteiger partial charge in [-0.2, -0.15) is 0 Å². The summed E-state index contributed by atoms with van der Waals surface area (Å²) in [5.41, 5.74) is 0.617. The van der Waals surface area contributed by atoms with Gasteiger partial charge in [0.05, 0.1) is 5.75 Å². The van der Waals surface area contributed by atoms with Crippen LogP contribution >= 0.6 is 23.4 Å². The summed E-state index contributed by atoms with van der Waals surface area (Å²) in [5.74, 6) is 0.0572. The number of carbonyl (C=O) groups is 1. The Morgan fingerprint density at radius 2 is 2.23 bits per heavy atom. The molecular weight excluding hydrogens is 324 g/mol. The molecule has 2 aromatic rings. The van der Waals surface area contributed by atoms with E-state index < -0.39 is 0 Å². The van der Waals surface area contributed by atoms with Crippen molar-refractivity contribution >= 4 is 29.3 Å². The second-order valence-corrected chi connectivity index (χ2v) is 5.97. The highest BCUT2D eigenvalue weighted by atomic mass is 35.5. The first-order valence-electron chi connectivity index (χ1n) is 6.90. The van der Waals surface area contributed by atoms with E-state index in [1.807, 2.05) is 25.1 Å². The number of nitrogens with one attached hydrogen (secondary N) is 2. The van der Waals surface area contributed by atoms with Crippen LogP contribution in [0.25, 0.3) is 0 Å². The molecule has 0 atom stereocenters. The van der Waals surface area contributed by atoms with Crippen molar-refractivity contribution in [2.45, 2.75) is 31.6 Å². The van der Waals surface area contributed by atoms with Gasteiger partial charge < -0.3 is 5.32 Å². The smallest absolute Gasteiger partial charge is 0.343 e. The van der Waals surface area contributed by atoms with Crippen LogP contribution in [0, 0.1) is 0 Å². The number of hydrogen-bond acceptors (Lipinski definition) is 4. The summed E-state index contributed by atoms with van der Waals surface area (Å²) < 4.78 is 1.53. The van der Waals surface area contributed by atoms with E-state index in [9.17, 15) is 9.59 Å². The fraction of sp³-hybridized carbons (Fsp3) is 0.357. The third-order valence-electron chi connectivity index (χ3n) is 2.94. The van der Waals surface area contributed by atoms with Gasteiger partial charge in [-0.3, -0.25) is 9.36 Å². The van der Waals surface area contributed by atoms with Gasteiger partial charge in [0.1, 0.15) is 0 Å². The summed E-state index contributed by atoms with van der Waals surface area (Å²) in [5, 5.41) is 10.3. The maximum Gasteiger partial charge on any atom is 0.343 e. The lowest BCUT2D eigenvalue weighted by atomic mass is 10.2. The Bertz CT molecular complexity index is 698. The zero-order valence-electron chi connectivity index (χ0n) is 12.1. The van der Waals surface area contributed by atoms with Crippen LogP contribution in [-0.2, 0) is 17.9 Å². The Labute approximate surface area is 137 Å². The molecule has 1 aromatic heterocycles. The van der Waals surface area contributed by atoms with Gasteiger partial charge in [-0.1, -0.05) is 48.5 Å². The van der Waals surface area contributed by atoms with Gasteiger partial charge >= 0.3 is 5.69 Å². The van der Waals surface area contributed by atoms with E-state index in [1.165, 1.54) is 16.3 Å².